The van der Waals surface area contributed by atoms with Gasteiger partial charge in [0.25, 0.3) is 5.91 Å². The molecule has 0 aromatic carbocycles. The molecule has 14 heavy (non-hydrogen) atoms. The zero-order valence-corrected chi connectivity index (χ0v) is 9.12. The Labute approximate surface area is 84.8 Å². The maximum Gasteiger partial charge on any atom is 0.254 e. The smallest absolute Gasteiger partial charge is 0.254 e. The third-order valence-electron chi connectivity index (χ3n) is 2.86. The first kappa shape index (κ1) is 11.5. The minimum atomic E-state index is -0.746. The second-order valence-electron chi connectivity index (χ2n) is 4.30. The number of methoxy groups -OCH3 is 1. The summed E-state index contributed by atoms with van der Waals surface area (Å²) >= 11 is 0. The maximum absolute atomic E-state index is 11.9. The predicted molar refractivity (Wildman–Crippen MR) is 52.9 cm³/mol. The largest absolute Gasteiger partial charge is 0.396 e. The van der Waals surface area contributed by atoms with Gasteiger partial charge in [0.2, 0.25) is 0 Å². The lowest BCUT2D eigenvalue weighted by Gasteiger charge is -2.27. The summed E-state index contributed by atoms with van der Waals surface area (Å²) < 4.78 is 5.13. The van der Waals surface area contributed by atoms with E-state index in [2.05, 4.69) is 0 Å². The van der Waals surface area contributed by atoms with E-state index in [1.165, 1.54) is 7.11 Å². The molecule has 0 aromatic heterocycles. The molecule has 1 aliphatic rings. The number of nitrogens with zero attached hydrogens (tertiary/aromatic N) is 1. The van der Waals surface area contributed by atoms with Gasteiger partial charge in [0.15, 0.2) is 0 Å². The molecule has 4 nitrogen and oxygen atoms in total. The molecule has 1 N–H and O–H groups in total. The molecule has 0 aromatic rings. The van der Waals surface area contributed by atoms with Crippen molar-refractivity contribution < 1.29 is 14.6 Å². The molecule has 82 valence electrons. The Morgan fingerprint density at radius 2 is 2.29 bits per heavy atom. The predicted octanol–water partition coefficient (Wildman–Crippen LogP) is 0.252. The summed E-state index contributed by atoms with van der Waals surface area (Å²) in [5, 5.41) is 8.96. The molecule has 1 unspecified atom stereocenters. The number of hydrogen-bond donors (Lipinski definition) is 1. The van der Waals surface area contributed by atoms with Gasteiger partial charge in [-0.3, -0.25) is 4.79 Å². The van der Waals surface area contributed by atoms with Crippen molar-refractivity contribution in [2.45, 2.75) is 25.9 Å². The van der Waals surface area contributed by atoms with E-state index in [1.54, 1.807) is 18.7 Å². The highest BCUT2D eigenvalue weighted by molar-refractivity contribution is 5.84. The SMILES string of the molecule is COC(C)(C)C(=O)N1CCC(CO)C1. The van der Waals surface area contributed by atoms with Crippen LogP contribution in [0.2, 0.25) is 0 Å². The van der Waals surface area contributed by atoms with Crippen LogP contribution in [0.5, 0.6) is 0 Å². The Bertz CT molecular complexity index is 215. The lowest BCUT2D eigenvalue weighted by atomic mass is 10.1. The summed E-state index contributed by atoms with van der Waals surface area (Å²) in [5.74, 6) is 0.252. The maximum atomic E-state index is 11.9. The minimum absolute atomic E-state index is 0.0101. The number of aliphatic hydroxyl groups excluding tert-OH is 1. The summed E-state index contributed by atoms with van der Waals surface area (Å²) in [5.41, 5.74) is -0.746. The van der Waals surface area contributed by atoms with E-state index in [9.17, 15) is 4.79 Å². The van der Waals surface area contributed by atoms with Crippen LogP contribution in [0.4, 0.5) is 0 Å². The molecule has 1 saturated heterocycles. The second kappa shape index (κ2) is 4.28. The summed E-state index contributed by atoms with van der Waals surface area (Å²) in [6.07, 6.45) is 0.891. The van der Waals surface area contributed by atoms with Crippen LogP contribution in [0.15, 0.2) is 0 Å². The average Bonchev–Trinajstić information content (AvgIpc) is 2.64. The van der Waals surface area contributed by atoms with Crippen molar-refractivity contribution in [1.29, 1.82) is 0 Å². The van der Waals surface area contributed by atoms with Crippen LogP contribution < -0.4 is 0 Å². The Morgan fingerprint density at radius 3 is 2.71 bits per heavy atom. The van der Waals surface area contributed by atoms with Gasteiger partial charge in [-0.2, -0.15) is 0 Å². The Morgan fingerprint density at radius 1 is 1.64 bits per heavy atom. The van der Waals surface area contributed by atoms with Gasteiger partial charge in [0.05, 0.1) is 0 Å². The van der Waals surface area contributed by atoms with Crippen molar-refractivity contribution in [1.82, 2.24) is 4.90 Å². The minimum Gasteiger partial charge on any atom is -0.396 e. The van der Waals surface area contributed by atoms with Crippen molar-refractivity contribution in [3.8, 4) is 0 Å². The van der Waals surface area contributed by atoms with Crippen LogP contribution in [-0.4, -0.2) is 48.3 Å². The second-order valence-corrected chi connectivity index (χ2v) is 4.30. The quantitative estimate of drug-likeness (QED) is 0.712. The standard InChI is InChI=1S/C10H19NO3/c1-10(2,14-3)9(13)11-5-4-8(6-11)7-12/h8,12H,4-7H2,1-3H3. The molecule has 1 amide bonds. The molecule has 1 atom stereocenters. The third kappa shape index (κ3) is 2.25. The monoisotopic (exact) mass is 201 g/mol. The molecule has 0 aliphatic carbocycles. The van der Waals surface area contributed by atoms with Gasteiger partial charge in [-0.25, -0.2) is 0 Å². The summed E-state index contributed by atoms with van der Waals surface area (Å²) in [6.45, 7) is 5.08. The van der Waals surface area contributed by atoms with Crippen LogP contribution >= 0.6 is 0 Å². The van der Waals surface area contributed by atoms with E-state index in [0.29, 0.717) is 6.54 Å². The number of carbonyl (C=O) groups excluding carboxylic acids is 1. The molecular formula is C10H19NO3. The summed E-state index contributed by atoms with van der Waals surface area (Å²) in [4.78, 5) is 13.6. The average molecular weight is 201 g/mol. The van der Waals surface area contributed by atoms with E-state index >= 15 is 0 Å². The van der Waals surface area contributed by atoms with E-state index in [-0.39, 0.29) is 18.4 Å². The van der Waals surface area contributed by atoms with Gasteiger partial charge in [-0.1, -0.05) is 0 Å². The van der Waals surface area contributed by atoms with Crippen LogP contribution in [0.1, 0.15) is 20.3 Å². The fourth-order valence-electron chi connectivity index (χ4n) is 1.63. The molecule has 1 aliphatic heterocycles. The van der Waals surface area contributed by atoms with Crippen LogP contribution in [-0.2, 0) is 9.53 Å². The Balaban J connectivity index is 2.55. The van der Waals surface area contributed by atoms with E-state index in [4.69, 9.17) is 9.84 Å². The first-order chi connectivity index (χ1) is 6.51. The molecular weight excluding hydrogens is 182 g/mol. The van der Waals surface area contributed by atoms with E-state index in [1.807, 2.05) is 0 Å². The highest BCUT2D eigenvalue weighted by Gasteiger charge is 2.35. The van der Waals surface area contributed by atoms with Crippen molar-refractivity contribution in [2.24, 2.45) is 5.92 Å². The topological polar surface area (TPSA) is 49.8 Å². The molecule has 0 bridgehead atoms. The fourth-order valence-corrected chi connectivity index (χ4v) is 1.63. The lowest BCUT2D eigenvalue weighted by molar-refractivity contribution is -0.150. The zero-order valence-electron chi connectivity index (χ0n) is 9.12. The molecule has 4 heteroatoms. The molecule has 0 spiro atoms. The van der Waals surface area contributed by atoms with Gasteiger partial charge < -0.3 is 14.7 Å². The van der Waals surface area contributed by atoms with Gasteiger partial charge >= 0.3 is 0 Å². The molecule has 0 radical (unpaired) electrons. The number of likely N-dealkylation sites (tertiary alicyclic amines) is 1. The highest BCUT2D eigenvalue weighted by atomic mass is 16.5. The third-order valence-corrected chi connectivity index (χ3v) is 2.86. The van der Waals surface area contributed by atoms with E-state index in [0.717, 1.165) is 13.0 Å². The highest BCUT2D eigenvalue weighted by Crippen LogP contribution is 2.20. The van der Waals surface area contributed by atoms with Crippen molar-refractivity contribution in [2.75, 3.05) is 26.8 Å². The Kier molecular flexibility index (Phi) is 3.50. The van der Waals surface area contributed by atoms with Gasteiger partial charge in [-0.05, 0) is 20.3 Å². The van der Waals surface area contributed by atoms with Gasteiger partial charge in [0.1, 0.15) is 5.60 Å². The zero-order chi connectivity index (χ0) is 10.8. The molecule has 0 saturated carbocycles. The van der Waals surface area contributed by atoms with Gasteiger partial charge in [0, 0.05) is 32.7 Å². The number of hydrogen-bond acceptors (Lipinski definition) is 3. The first-order valence-electron chi connectivity index (χ1n) is 4.96. The van der Waals surface area contributed by atoms with Crippen molar-refractivity contribution in [3.05, 3.63) is 0 Å². The van der Waals surface area contributed by atoms with Crippen molar-refractivity contribution in [3.63, 3.8) is 0 Å². The van der Waals surface area contributed by atoms with Crippen LogP contribution in [0.3, 0.4) is 0 Å². The molecule has 1 rings (SSSR count). The number of amides is 1. The molecule has 1 heterocycles. The van der Waals surface area contributed by atoms with Gasteiger partial charge in [-0.15, -0.1) is 0 Å². The fraction of sp³-hybridized carbons (Fsp3) is 0.900. The number of rotatable bonds is 3. The normalized spacial score (nSPS) is 22.9. The van der Waals surface area contributed by atoms with Crippen LogP contribution in [0.25, 0.3) is 0 Å². The number of aliphatic hydroxyl groups is 1. The first-order valence-corrected chi connectivity index (χ1v) is 4.96. The summed E-state index contributed by atoms with van der Waals surface area (Å²) in [6, 6.07) is 0. The van der Waals surface area contributed by atoms with Crippen LogP contribution in [0, 0.1) is 5.92 Å². The summed E-state index contributed by atoms with van der Waals surface area (Å²) in [7, 11) is 1.54. The molecule has 1 fully saturated rings. The lowest BCUT2D eigenvalue weighted by Crippen LogP contribution is -2.45. The Hall–Kier alpha value is -0.610. The number of carbonyl (C=O) groups is 1. The van der Waals surface area contributed by atoms with Crippen molar-refractivity contribution >= 4 is 5.91 Å². The number of ether oxygens (including phenoxy) is 1. The van der Waals surface area contributed by atoms with E-state index < -0.39 is 5.60 Å².